The molecule has 0 radical (unpaired) electrons. The van der Waals surface area contributed by atoms with Crippen molar-refractivity contribution < 1.29 is 9.47 Å². The van der Waals surface area contributed by atoms with E-state index >= 15 is 0 Å². The lowest BCUT2D eigenvalue weighted by molar-refractivity contribution is 0.102. The van der Waals surface area contributed by atoms with Gasteiger partial charge in [-0.15, -0.1) is 0 Å². The Labute approximate surface area is 115 Å². The van der Waals surface area contributed by atoms with Gasteiger partial charge in [-0.2, -0.15) is 0 Å². The Bertz CT molecular complexity index is 376. The van der Waals surface area contributed by atoms with Gasteiger partial charge in [0.15, 0.2) is 0 Å². The second-order valence-corrected chi connectivity index (χ2v) is 5.53. The van der Waals surface area contributed by atoms with Gasteiger partial charge in [0, 0.05) is 19.6 Å². The molecule has 0 spiro atoms. The smallest absolute Gasteiger partial charge is 0.123 e. The molecule has 1 saturated heterocycles. The zero-order valence-electron chi connectivity index (χ0n) is 11.4. The average Bonchev–Trinajstić information content (AvgIpc) is 3.06. The summed E-state index contributed by atoms with van der Waals surface area (Å²) in [7, 11) is 0. The maximum atomic E-state index is 5.90. The molecular formula is C16H23NO2. The largest absolute Gasteiger partial charge is 0.488 e. The van der Waals surface area contributed by atoms with Crippen molar-refractivity contribution in [2.45, 2.75) is 44.3 Å². The molecular weight excluding hydrogens is 238 g/mol. The van der Waals surface area contributed by atoms with Gasteiger partial charge in [-0.1, -0.05) is 18.2 Å². The third kappa shape index (κ3) is 3.48. The Morgan fingerprint density at radius 1 is 1.21 bits per heavy atom. The quantitative estimate of drug-likeness (QED) is 0.798. The van der Waals surface area contributed by atoms with Crippen LogP contribution in [0, 0.1) is 0 Å². The van der Waals surface area contributed by atoms with Gasteiger partial charge >= 0.3 is 0 Å². The molecule has 3 heteroatoms. The first-order valence-electron chi connectivity index (χ1n) is 7.49. The predicted molar refractivity (Wildman–Crippen MR) is 75.6 cm³/mol. The predicted octanol–water partition coefficient (Wildman–Crippen LogP) is 2.54. The lowest BCUT2D eigenvalue weighted by Gasteiger charge is -2.13. The van der Waals surface area contributed by atoms with E-state index in [0.29, 0.717) is 12.2 Å². The van der Waals surface area contributed by atoms with Crippen LogP contribution in [0.3, 0.4) is 0 Å². The van der Waals surface area contributed by atoms with E-state index in [-0.39, 0.29) is 0 Å². The zero-order valence-corrected chi connectivity index (χ0v) is 11.4. The van der Waals surface area contributed by atoms with Gasteiger partial charge in [0.2, 0.25) is 0 Å². The number of hydrogen-bond donors (Lipinski definition) is 1. The number of rotatable bonds is 6. The second-order valence-electron chi connectivity index (χ2n) is 5.53. The number of benzene rings is 1. The van der Waals surface area contributed by atoms with Crippen LogP contribution in [0.25, 0.3) is 0 Å². The molecule has 1 fully saturated rings. The molecule has 1 N–H and O–H groups in total. The fourth-order valence-electron chi connectivity index (χ4n) is 2.96. The van der Waals surface area contributed by atoms with Gasteiger partial charge < -0.3 is 14.8 Å². The minimum absolute atomic E-state index is 0.306. The molecule has 2 aliphatic rings. The summed E-state index contributed by atoms with van der Waals surface area (Å²) < 4.78 is 11.5. The van der Waals surface area contributed by atoms with Crippen LogP contribution in [0.2, 0.25) is 0 Å². The molecule has 2 atom stereocenters. The van der Waals surface area contributed by atoms with Crippen molar-refractivity contribution in [3.63, 3.8) is 0 Å². The van der Waals surface area contributed by atoms with Crippen LogP contribution >= 0.6 is 0 Å². The normalized spacial score (nSPS) is 25.3. The maximum Gasteiger partial charge on any atom is 0.123 e. The number of para-hydroxylation sites is 1. The molecule has 2 aliphatic heterocycles. The van der Waals surface area contributed by atoms with Crippen LogP contribution in [0.4, 0.5) is 0 Å². The standard InChI is InChI=1S/C16H23NO2/c1-2-8-16-13(5-1)11-15(19-16)12-17-9-3-6-14-7-4-10-18-14/h1-2,5,8,14-15,17H,3-4,6-7,9-12H2. The molecule has 0 saturated carbocycles. The fourth-order valence-corrected chi connectivity index (χ4v) is 2.96. The van der Waals surface area contributed by atoms with Crippen molar-refractivity contribution in [3.8, 4) is 5.75 Å². The third-order valence-corrected chi connectivity index (χ3v) is 3.99. The van der Waals surface area contributed by atoms with Crippen LogP contribution in [0.5, 0.6) is 5.75 Å². The molecule has 3 nitrogen and oxygen atoms in total. The van der Waals surface area contributed by atoms with Crippen molar-refractivity contribution in [1.29, 1.82) is 0 Å². The van der Waals surface area contributed by atoms with Crippen LogP contribution in [0.15, 0.2) is 24.3 Å². The molecule has 104 valence electrons. The highest BCUT2D eigenvalue weighted by Crippen LogP contribution is 2.27. The summed E-state index contributed by atoms with van der Waals surface area (Å²) in [6.07, 6.45) is 6.75. The Balaban J connectivity index is 1.29. The van der Waals surface area contributed by atoms with E-state index in [4.69, 9.17) is 9.47 Å². The van der Waals surface area contributed by atoms with Gasteiger partial charge in [0.05, 0.1) is 6.10 Å². The SMILES string of the molecule is c1ccc2c(c1)CC(CNCCCC1CCCO1)O2. The minimum Gasteiger partial charge on any atom is -0.488 e. The molecule has 0 aliphatic carbocycles. The molecule has 1 aromatic carbocycles. The van der Waals surface area contributed by atoms with Crippen LogP contribution in [0.1, 0.15) is 31.2 Å². The monoisotopic (exact) mass is 261 g/mol. The van der Waals surface area contributed by atoms with E-state index in [0.717, 1.165) is 31.9 Å². The van der Waals surface area contributed by atoms with Gasteiger partial charge in [-0.3, -0.25) is 0 Å². The van der Waals surface area contributed by atoms with E-state index in [9.17, 15) is 0 Å². The summed E-state index contributed by atoms with van der Waals surface area (Å²) >= 11 is 0. The minimum atomic E-state index is 0.306. The van der Waals surface area contributed by atoms with Gasteiger partial charge in [0.1, 0.15) is 11.9 Å². The van der Waals surface area contributed by atoms with E-state index in [1.807, 2.05) is 6.07 Å². The Hall–Kier alpha value is -1.06. The topological polar surface area (TPSA) is 30.5 Å². The van der Waals surface area contributed by atoms with E-state index in [2.05, 4.69) is 23.5 Å². The summed E-state index contributed by atoms with van der Waals surface area (Å²) in [5.41, 5.74) is 1.34. The summed E-state index contributed by atoms with van der Waals surface area (Å²) in [4.78, 5) is 0. The van der Waals surface area contributed by atoms with Crippen LogP contribution in [-0.2, 0) is 11.2 Å². The molecule has 0 aromatic heterocycles. The van der Waals surface area contributed by atoms with Crippen molar-refractivity contribution >= 4 is 0 Å². The second kappa shape index (κ2) is 6.40. The highest BCUT2D eigenvalue weighted by Gasteiger charge is 2.21. The Kier molecular flexibility index (Phi) is 4.36. The first-order valence-corrected chi connectivity index (χ1v) is 7.49. The highest BCUT2D eigenvalue weighted by molar-refractivity contribution is 5.37. The van der Waals surface area contributed by atoms with Crippen molar-refractivity contribution in [1.82, 2.24) is 5.32 Å². The first kappa shape index (κ1) is 12.9. The van der Waals surface area contributed by atoms with Crippen LogP contribution in [-0.4, -0.2) is 31.9 Å². The summed E-state index contributed by atoms with van der Waals surface area (Å²) in [5, 5.41) is 3.51. The van der Waals surface area contributed by atoms with E-state index in [1.165, 1.54) is 31.2 Å². The number of fused-ring (bicyclic) bond motifs is 1. The van der Waals surface area contributed by atoms with Crippen molar-refractivity contribution in [2.24, 2.45) is 0 Å². The highest BCUT2D eigenvalue weighted by atomic mass is 16.5. The molecule has 2 unspecified atom stereocenters. The Morgan fingerprint density at radius 2 is 2.16 bits per heavy atom. The number of ether oxygens (including phenoxy) is 2. The van der Waals surface area contributed by atoms with Gasteiger partial charge in [-0.25, -0.2) is 0 Å². The fraction of sp³-hybridized carbons (Fsp3) is 0.625. The summed E-state index contributed by atoms with van der Waals surface area (Å²) in [6.45, 7) is 2.97. The summed E-state index contributed by atoms with van der Waals surface area (Å²) in [5.74, 6) is 1.06. The van der Waals surface area contributed by atoms with E-state index in [1.54, 1.807) is 0 Å². The number of hydrogen-bond acceptors (Lipinski definition) is 3. The molecule has 2 heterocycles. The third-order valence-electron chi connectivity index (χ3n) is 3.99. The molecule has 19 heavy (non-hydrogen) atoms. The average molecular weight is 261 g/mol. The van der Waals surface area contributed by atoms with E-state index < -0.39 is 0 Å². The molecule has 1 aromatic rings. The number of nitrogens with one attached hydrogen (secondary N) is 1. The van der Waals surface area contributed by atoms with Crippen molar-refractivity contribution in [3.05, 3.63) is 29.8 Å². The first-order chi connectivity index (χ1) is 9.42. The molecule has 0 bridgehead atoms. The zero-order chi connectivity index (χ0) is 12.9. The lowest BCUT2D eigenvalue weighted by atomic mass is 10.1. The molecule has 0 amide bonds. The van der Waals surface area contributed by atoms with Gasteiger partial charge in [0.25, 0.3) is 0 Å². The summed E-state index contributed by atoms with van der Waals surface area (Å²) in [6, 6.07) is 8.34. The Morgan fingerprint density at radius 3 is 3.00 bits per heavy atom. The van der Waals surface area contributed by atoms with Crippen LogP contribution < -0.4 is 10.1 Å². The van der Waals surface area contributed by atoms with Gasteiger partial charge in [-0.05, 0) is 43.9 Å². The maximum absolute atomic E-state index is 5.90. The molecule has 3 rings (SSSR count). The lowest BCUT2D eigenvalue weighted by Crippen LogP contribution is -2.31. The van der Waals surface area contributed by atoms with Crippen molar-refractivity contribution in [2.75, 3.05) is 19.7 Å².